The molecule has 9 heteroatoms. The predicted molar refractivity (Wildman–Crippen MR) is 116 cm³/mol. The molecule has 1 aromatic carbocycles. The molecule has 0 radical (unpaired) electrons. The number of rotatable bonds is 9. The van der Waals surface area contributed by atoms with Gasteiger partial charge in [-0.3, -0.25) is 14.5 Å². The van der Waals surface area contributed by atoms with Crippen molar-refractivity contribution < 1.29 is 24.2 Å². The largest absolute Gasteiger partial charge is 0.508 e. The Labute approximate surface area is 182 Å². The number of carbonyl (C=O) groups is 2. The van der Waals surface area contributed by atoms with Crippen molar-refractivity contribution in [1.82, 2.24) is 4.90 Å². The molecule has 1 saturated heterocycles. The van der Waals surface area contributed by atoms with Gasteiger partial charge in [-0.05, 0) is 43.2 Å². The average Bonchev–Trinajstić information content (AvgIpc) is 3.23. The summed E-state index contributed by atoms with van der Waals surface area (Å²) in [6.45, 7) is 0.503. The first-order valence-corrected chi connectivity index (χ1v) is 10.8. The molecule has 1 aliphatic heterocycles. The molecule has 0 aliphatic carbocycles. The van der Waals surface area contributed by atoms with Crippen molar-refractivity contribution in [3.8, 4) is 17.1 Å². The minimum atomic E-state index is -0.807. The fourth-order valence-electron chi connectivity index (χ4n) is 3.07. The molecule has 2 heterocycles. The number of aliphatic carboxylic acids is 1. The summed E-state index contributed by atoms with van der Waals surface area (Å²) in [5.74, 6) is 0.392. The minimum absolute atomic E-state index is 0.0495. The fraction of sp³-hybridized carbons (Fsp3) is 0.350. The third-order valence-corrected chi connectivity index (χ3v) is 6.45. The number of nitrogens with zero attached hydrogens (tertiary/aromatic N) is 1. The molecule has 1 aliphatic rings. The Bertz CT molecular complexity index is 929. The van der Waals surface area contributed by atoms with Crippen LogP contribution in [0, 0.1) is 0 Å². The van der Waals surface area contributed by atoms with Crippen LogP contribution in [0.4, 0.5) is 0 Å². The first-order chi connectivity index (χ1) is 13.8. The molecule has 1 aromatic heterocycles. The molecule has 1 fully saturated rings. The molecule has 2 N–H and O–H groups in total. The minimum Gasteiger partial charge on any atom is -0.508 e. The average molecular weight is 454 g/mol. The third-order valence-electron chi connectivity index (χ3n) is 4.54. The number of amides is 1. The van der Waals surface area contributed by atoms with E-state index in [1.54, 1.807) is 23.1 Å². The van der Waals surface area contributed by atoms with Gasteiger partial charge in [0.2, 0.25) is 5.91 Å². The Morgan fingerprint density at radius 1 is 1.24 bits per heavy atom. The first-order valence-electron chi connectivity index (χ1n) is 9.16. The van der Waals surface area contributed by atoms with Crippen LogP contribution in [-0.2, 0) is 16.0 Å². The lowest BCUT2D eigenvalue weighted by atomic mass is 10.1. The van der Waals surface area contributed by atoms with Gasteiger partial charge < -0.3 is 14.6 Å². The molecule has 0 saturated carbocycles. The van der Waals surface area contributed by atoms with Gasteiger partial charge in [-0.2, -0.15) is 0 Å². The highest BCUT2D eigenvalue weighted by molar-refractivity contribution is 8.24. The third kappa shape index (κ3) is 5.52. The number of carboxylic acid groups (broad SMARTS) is 1. The van der Waals surface area contributed by atoms with Crippen LogP contribution in [0.25, 0.3) is 11.3 Å². The summed E-state index contributed by atoms with van der Waals surface area (Å²) in [5, 5.41) is 18.4. The first kappa shape index (κ1) is 21.7. The van der Waals surface area contributed by atoms with Crippen LogP contribution in [0.5, 0.6) is 5.75 Å². The second-order valence-electron chi connectivity index (χ2n) is 6.70. The summed E-state index contributed by atoms with van der Waals surface area (Å²) in [4.78, 5) is 24.8. The summed E-state index contributed by atoms with van der Waals surface area (Å²) >= 11 is 12.9. The van der Waals surface area contributed by atoms with Gasteiger partial charge in [0.1, 0.15) is 21.6 Å². The number of aromatic hydroxyl groups is 1. The summed E-state index contributed by atoms with van der Waals surface area (Å²) in [6.07, 6.45) is 2.58. The zero-order valence-corrected chi connectivity index (χ0v) is 17.9. The number of phenolic OH excluding ortho intramolecular Hbond substituents is 1. The van der Waals surface area contributed by atoms with Gasteiger partial charge in [0.25, 0.3) is 0 Å². The second kappa shape index (κ2) is 9.65. The van der Waals surface area contributed by atoms with Crippen LogP contribution >= 0.6 is 35.6 Å². The Balaban J connectivity index is 1.58. The van der Waals surface area contributed by atoms with E-state index >= 15 is 0 Å². The lowest BCUT2D eigenvalue weighted by Crippen LogP contribution is -2.32. The van der Waals surface area contributed by atoms with Gasteiger partial charge in [-0.15, -0.1) is 0 Å². The highest BCUT2D eigenvalue weighted by atomic mass is 35.5. The van der Waals surface area contributed by atoms with Crippen molar-refractivity contribution in [2.75, 3.05) is 6.54 Å². The van der Waals surface area contributed by atoms with E-state index in [4.69, 9.17) is 33.3 Å². The SMILES string of the molecule is O=C(O)CCCCCN1C(=O)C(Cc2ccc(-c3cc(O)ccc3Cl)o2)SC1=S. The van der Waals surface area contributed by atoms with E-state index in [2.05, 4.69) is 0 Å². The van der Waals surface area contributed by atoms with E-state index in [-0.39, 0.29) is 23.3 Å². The molecular formula is C20H20ClNO5S2. The zero-order chi connectivity index (χ0) is 21.0. The number of carboxylic acids is 1. The molecule has 1 atom stereocenters. The number of halogens is 1. The fourth-order valence-corrected chi connectivity index (χ4v) is 4.84. The van der Waals surface area contributed by atoms with E-state index < -0.39 is 5.97 Å². The van der Waals surface area contributed by atoms with Gasteiger partial charge in [-0.1, -0.05) is 42.0 Å². The molecule has 0 bridgehead atoms. The van der Waals surface area contributed by atoms with E-state index in [0.717, 1.165) is 6.42 Å². The van der Waals surface area contributed by atoms with E-state index in [0.29, 0.717) is 52.2 Å². The number of hydrogen-bond donors (Lipinski definition) is 2. The van der Waals surface area contributed by atoms with E-state index in [9.17, 15) is 14.7 Å². The predicted octanol–water partition coefficient (Wildman–Crippen LogP) is 4.72. The molecule has 29 heavy (non-hydrogen) atoms. The van der Waals surface area contributed by atoms with Gasteiger partial charge in [0.05, 0.1) is 10.3 Å². The summed E-state index contributed by atoms with van der Waals surface area (Å²) in [7, 11) is 0. The molecule has 1 amide bonds. The maximum atomic E-state index is 12.7. The van der Waals surface area contributed by atoms with E-state index in [1.165, 1.54) is 23.9 Å². The monoisotopic (exact) mass is 453 g/mol. The standard InChI is InChI=1S/C20H20ClNO5S2/c21-15-7-5-12(23)10-14(15)16-8-6-13(27-16)11-17-19(26)22(20(28)29-17)9-3-1-2-4-18(24)25/h5-8,10,17,23H,1-4,9,11H2,(H,24,25). The summed E-state index contributed by atoms with van der Waals surface area (Å²) in [6, 6.07) is 8.18. The van der Waals surface area contributed by atoms with Crippen molar-refractivity contribution in [2.24, 2.45) is 0 Å². The molecule has 6 nitrogen and oxygen atoms in total. The smallest absolute Gasteiger partial charge is 0.303 e. The van der Waals surface area contributed by atoms with Crippen molar-refractivity contribution in [1.29, 1.82) is 0 Å². The van der Waals surface area contributed by atoms with Crippen LogP contribution in [0.3, 0.4) is 0 Å². The summed E-state index contributed by atoms with van der Waals surface area (Å²) < 4.78 is 6.39. The van der Waals surface area contributed by atoms with Gasteiger partial charge in [0, 0.05) is 24.9 Å². The van der Waals surface area contributed by atoms with Crippen LogP contribution in [0.2, 0.25) is 5.02 Å². The number of hydrogen-bond acceptors (Lipinski definition) is 6. The number of thioether (sulfide) groups is 1. The highest BCUT2D eigenvalue weighted by Crippen LogP contribution is 2.35. The number of benzene rings is 1. The molecular weight excluding hydrogens is 434 g/mol. The second-order valence-corrected chi connectivity index (χ2v) is 8.94. The molecule has 1 unspecified atom stereocenters. The van der Waals surface area contributed by atoms with Crippen LogP contribution in [0.1, 0.15) is 31.4 Å². The Kier molecular flexibility index (Phi) is 7.21. The maximum Gasteiger partial charge on any atom is 0.303 e. The summed E-state index contributed by atoms with van der Waals surface area (Å²) in [5.41, 5.74) is 0.585. The van der Waals surface area contributed by atoms with Crippen molar-refractivity contribution in [3.05, 3.63) is 41.1 Å². The number of unbranched alkanes of at least 4 members (excludes halogenated alkanes) is 2. The van der Waals surface area contributed by atoms with Crippen LogP contribution < -0.4 is 0 Å². The van der Waals surface area contributed by atoms with Gasteiger partial charge in [0.15, 0.2) is 0 Å². The lowest BCUT2D eigenvalue weighted by Gasteiger charge is -2.15. The highest BCUT2D eigenvalue weighted by Gasteiger charge is 2.37. The molecule has 2 aromatic rings. The normalized spacial score (nSPS) is 16.6. The molecule has 154 valence electrons. The van der Waals surface area contributed by atoms with Gasteiger partial charge in [-0.25, -0.2) is 0 Å². The van der Waals surface area contributed by atoms with Crippen molar-refractivity contribution in [3.63, 3.8) is 0 Å². The van der Waals surface area contributed by atoms with Gasteiger partial charge >= 0.3 is 5.97 Å². The Morgan fingerprint density at radius 3 is 2.79 bits per heavy atom. The van der Waals surface area contributed by atoms with E-state index in [1.807, 2.05) is 0 Å². The number of thiocarbonyl (C=S) groups is 1. The molecule has 3 rings (SSSR count). The Hall–Kier alpha value is -2.03. The van der Waals surface area contributed by atoms with Crippen molar-refractivity contribution in [2.45, 2.75) is 37.4 Å². The van der Waals surface area contributed by atoms with Crippen LogP contribution in [-0.4, -0.2) is 43.1 Å². The number of carbonyl (C=O) groups excluding carboxylic acids is 1. The topological polar surface area (TPSA) is 91.0 Å². The Morgan fingerprint density at radius 2 is 2.03 bits per heavy atom. The lowest BCUT2D eigenvalue weighted by molar-refractivity contribution is -0.137. The van der Waals surface area contributed by atoms with Crippen molar-refractivity contribution >= 4 is 51.8 Å². The molecule has 0 spiro atoms. The van der Waals surface area contributed by atoms with Crippen LogP contribution in [0.15, 0.2) is 34.7 Å². The zero-order valence-electron chi connectivity index (χ0n) is 15.5. The number of furan rings is 1. The maximum absolute atomic E-state index is 12.7. The number of phenols is 1. The quantitative estimate of drug-likeness (QED) is 0.419.